The lowest BCUT2D eigenvalue weighted by Crippen LogP contribution is -2.28. The van der Waals surface area contributed by atoms with Gasteiger partial charge >= 0.3 is 12.1 Å². The first-order valence-electron chi connectivity index (χ1n) is 9.73. The number of hydrogen-bond donors (Lipinski definition) is 3. The highest BCUT2D eigenvalue weighted by Crippen LogP contribution is 2.36. The van der Waals surface area contributed by atoms with Crippen molar-refractivity contribution in [2.45, 2.75) is 32.4 Å². The number of rotatable bonds is 8. The molecule has 0 saturated carbocycles. The zero-order chi connectivity index (χ0) is 24.1. The van der Waals surface area contributed by atoms with Gasteiger partial charge in [0.15, 0.2) is 0 Å². The lowest BCUT2D eigenvalue weighted by atomic mass is 9.94. The van der Waals surface area contributed by atoms with Gasteiger partial charge in [-0.15, -0.1) is 11.3 Å². The van der Waals surface area contributed by atoms with Gasteiger partial charge < -0.3 is 21.1 Å². The van der Waals surface area contributed by atoms with Crippen molar-refractivity contribution in [3.05, 3.63) is 51.4 Å². The van der Waals surface area contributed by atoms with Crippen LogP contribution in [0.4, 0.5) is 18.2 Å². The molecule has 174 valence electrons. The molecule has 0 aliphatic heterocycles. The van der Waals surface area contributed by atoms with Gasteiger partial charge in [0.1, 0.15) is 5.00 Å². The fraction of sp³-hybridized carbons (Fsp3) is 0.381. The summed E-state index contributed by atoms with van der Waals surface area (Å²) in [5.74, 6) is -2.72. The first-order chi connectivity index (χ1) is 15.0. The predicted octanol–water partition coefficient (Wildman–Crippen LogP) is 3.68. The molecule has 32 heavy (non-hydrogen) atoms. The minimum atomic E-state index is -4.54. The molecular formula is C21H24F3N3O4S. The lowest BCUT2D eigenvalue weighted by Gasteiger charge is -2.17. The molecule has 0 bridgehead atoms. The fourth-order valence-electron chi connectivity index (χ4n) is 3.14. The number of halogens is 3. The molecule has 11 heteroatoms. The zero-order valence-electron chi connectivity index (χ0n) is 17.8. The van der Waals surface area contributed by atoms with E-state index in [1.165, 1.54) is 12.1 Å². The summed E-state index contributed by atoms with van der Waals surface area (Å²) in [6.45, 7) is 3.65. The summed E-state index contributed by atoms with van der Waals surface area (Å²) in [4.78, 5) is 37.9. The van der Waals surface area contributed by atoms with Crippen LogP contribution in [0.2, 0.25) is 0 Å². The molecule has 0 radical (unpaired) electrons. The Kier molecular flexibility index (Phi) is 8.39. The average Bonchev–Trinajstić information content (AvgIpc) is 3.07. The monoisotopic (exact) mass is 471 g/mol. The number of benzene rings is 1. The van der Waals surface area contributed by atoms with Gasteiger partial charge in [-0.2, -0.15) is 13.2 Å². The second-order valence-corrected chi connectivity index (χ2v) is 7.89. The molecule has 0 spiro atoms. The van der Waals surface area contributed by atoms with Crippen molar-refractivity contribution in [3.8, 4) is 0 Å². The third kappa shape index (κ3) is 5.65. The molecule has 1 aromatic heterocycles. The van der Waals surface area contributed by atoms with Gasteiger partial charge in [-0.3, -0.25) is 9.59 Å². The quantitative estimate of drug-likeness (QED) is 0.509. The van der Waals surface area contributed by atoms with Crippen molar-refractivity contribution >= 4 is 34.1 Å². The van der Waals surface area contributed by atoms with Crippen molar-refractivity contribution in [1.82, 2.24) is 5.32 Å². The van der Waals surface area contributed by atoms with E-state index in [1.807, 2.05) is 0 Å². The van der Waals surface area contributed by atoms with Gasteiger partial charge in [-0.05, 0) is 30.5 Å². The number of ether oxygens (including phenoxy) is 1. The number of nitrogens with one attached hydrogen (secondary N) is 2. The standard InChI is InChI=1S/C21H24F3N3O4S/c1-4-14(12-6-5-7-13(10-12)21(22,23)24)17(28)27-19-15(20(30)31-3)11(2)16(32-19)18(29)26-9-8-25/h5-7,10,14H,4,8-9,25H2,1-3H3,(H,26,29)(H,27,28). The van der Waals surface area contributed by atoms with Crippen LogP contribution in [-0.4, -0.2) is 38.0 Å². The molecule has 2 aromatic rings. The minimum absolute atomic E-state index is 0.0163. The molecule has 0 fully saturated rings. The molecule has 1 heterocycles. The molecule has 1 atom stereocenters. The van der Waals surface area contributed by atoms with Gasteiger partial charge in [-0.1, -0.05) is 25.1 Å². The van der Waals surface area contributed by atoms with Crippen LogP contribution >= 0.6 is 11.3 Å². The first-order valence-corrected chi connectivity index (χ1v) is 10.5. The minimum Gasteiger partial charge on any atom is -0.465 e. The molecular weight excluding hydrogens is 447 g/mol. The smallest absolute Gasteiger partial charge is 0.416 e. The Morgan fingerprint density at radius 1 is 1.25 bits per heavy atom. The van der Waals surface area contributed by atoms with E-state index in [4.69, 9.17) is 10.5 Å². The maximum atomic E-state index is 13.1. The number of alkyl halides is 3. The Bertz CT molecular complexity index is 1000. The van der Waals surface area contributed by atoms with E-state index in [9.17, 15) is 27.6 Å². The Balaban J connectivity index is 2.40. The van der Waals surface area contributed by atoms with Crippen LogP contribution in [-0.2, 0) is 15.7 Å². The molecule has 0 aliphatic carbocycles. The largest absolute Gasteiger partial charge is 0.465 e. The molecule has 1 unspecified atom stereocenters. The molecule has 0 saturated heterocycles. The van der Waals surface area contributed by atoms with E-state index in [0.29, 0.717) is 5.56 Å². The number of nitrogens with two attached hydrogens (primary N) is 1. The van der Waals surface area contributed by atoms with Crippen molar-refractivity contribution in [2.75, 3.05) is 25.5 Å². The molecule has 2 amide bonds. The average molecular weight is 472 g/mol. The summed E-state index contributed by atoms with van der Waals surface area (Å²) in [6.07, 6.45) is -4.33. The number of hydrogen-bond acceptors (Lipinski definition) is 6. The van der Waals surface area contributed by atoms with E-state index in [2.05, 4.69) is 10.6 Å². The van der Waals surface area contributed by atoms with Gasteiger partial charge in [0.05, 0.1) is 29.0 Å². The summed E-state index contributed by atoms with van der Waals surface area (Å²) >= 11 is 0.882. The van der Waals surface area contributed by atoms with E-state index in [1.54, 1.807) is 13.8 Å². The number of esters is 1. The topological polar surface area (TPSA) is 111 Å². The van der Waals surface area contributed by atoms with Crippen molar-refractivity contribution in [3.63, 3.8) is 0 Å². The van der Waals surface area contributed by atoms with Gasteiger partial charge in [0.25, 0.3) is 5.91 Å². The number of thiophene rings is 1. The Labute approximate surface area is 187 Å². The van der Waals surface area contributed by atoms with Crippen LogP contribution in [0.3, 0.4) is 0 Å². The maximum Gasteiger partial charge on any atom is 0.416 e. The molecule has 1 aromatic carbocycles. The van der Waals surface area contributed by atoms with Crippen LogP contribution < -0.4 is 16.4 Å². The Morgan fingerprint density at radius 3 is 2.50 bits per heavy atom. The maximum absolute atomic E-state index is 13.1. The summed E-state index contributed by atoms with van der Waals surface area (Å²) in [6, 6.07) is 4.54. The molecule has 7 nitrogen and oxygen atoms in total. The van der Waals surface area contributed by atoms with Gasteiger partial charge in [-0.25, -0.2) is 4.79 Å². The van der Waals surface area contributed by atoms with Crippen molar-refractivity contribution < 1.29 is 32.3 Å². The van der Waals surface area contributed by atoms with Crippen LogP contribution in [0, 0.1) is 6.92 Å². The van der Waals surface area contributed by atoms with Crippen LogP contribution in [0.25, 0.3) is 0 Å². The van der Waals surface area contributed by atoms with Crippen LogP contribution in [0.1, 0.15) is 56.0 Å². The van der Waals surface area contributed by atoms with Crippen molar-refractivity contribution in [1.29, 1.82) is 0 Å². The zero-order valence-corrected chi connectivity index (χ0v) is 18.6. The number of anilines is 1. The van der Waals surface area contributed by atoms with Crippen LogP contribution in [0.5, 0.6) is 0 Å². The van der Waals surface area contributed by atoms with Crippen LogP contribution in [0.15, 0.2) is 24.3 Å². The SMILES string of the molecule is CCC(C(=O)Nc1sc(C(=O)NCCN)c(C)c1C(=O)OC)c1cccc(C(F)(F)F)c1. The van der Waals surface area contributed by atoms with E-state index < -0.39 is 35.4 Å². The lowest BCUT2D eigenvalue weighted by molar-refractivity contribution is -0.137. The molecule has 4 N–H and O–H groups in total. The Hall–Kier alpha value is -2.92. The summed E-state index contributed by atoms with van der Waals surface area (Å²) in [5, 5.41) is 5.28. The Morgan fingerprint density at radius 2 is 1.94 bits per heavy atom. The second kappa shape index (κ2) is 10.6. The third-order valence-corrected chi connectivity index (χ3v) is 5.96. The summed E-state index contributed by atoms with van der Waals surface area (Å²) in [7, 11) is 1.16. The van der Waals surface area contributed by atoms with Gasteiger partial charge in [0, 0.05) is 13.1 Å². The second-order valence-electron chi connectivity index (χ2n) is 6.87. The number of methoxy groups -OCH3 is 1. The highest BCUT2D eigenvalue weighted by Gasteiger charge is 2.32. The fourth-order valence-corrected chi connectivity index (χ4v) is 4.25. The first kappa shape index (κ1) is 25.3. The highest BCUT2D eigenvalue weighted by molar-refractivity contribution is 7.18. The normalized spacial score (nSPS) is 12.2. The predicted molar refractivity (Wildman–Crippen MR) is 115 cm³/mol. The summed E-state index contributed by atoms with van der Waals surface area (Å²) < 4.78 is 44.0. The number of amides is 2. The highest BCUT2D eigenvalue weighted by atomic mass is 32.1. The van der Waals surface area contributed by atoms with Crippen molar-refractivity contribution in [2.24, 2.45) is 5.73 Å². The van der Waals surface area contributed by atoms with E-state index in [0.717, 1.165) is 30.6 Å². The molecule has 2 rings (SSSR count). The molecule has 0 aliphatic rings. The summed E-state index contributed by atoms with van der Waals surface area (Å²) in [5.41, 5.74) is 5.06. The third-order valence-electron chi connectivity index (χ3n) is 4.75. The van der Waals surface area contributed by atoms with E-state index >= 15 is 0 Å². The van der Waals surface area contributed by atoms with E-state index in [-0.39, 0.29) is 40.5 Å². The number of carbonyl (C=O) groups excluding carboxylic acids is 3. The number of carbonyl (C=O) groups is 3. The van der Waals surface area contributed by atoms with Gasteiger partial charge in [0.2, 0.25) is 5.91 Å².